The third kappa shape index (κ3) is 3.29. The maximum atomic E-state index is 12.5. The normalized spacial score (nSPS) is 27.2. The predicted octanol–water partition coefficient (Wildman–Crippen LogP) is 3.35. The van der Waals surface area contributed by atoms with Crippen LogP contribution < -0.4 is 0 Å². The zero-order chi connectivity index (χ0) is 14.9. The number of Topliss-reactive ketones (excluding diaryl/α,β-unsaturated/α-hetero) is 1. The third-order valence-electron chi connectivity index (χ3n) is 4.52. The molecule has 0 radical (unpaired) electrons. The van der Waals surface area contributed by atoms with Gasteiger partial charge in [0, 0.05) is 17.7 Å². The maximum Gasteiger partial charge on any atom is 0.175 e. The first-order valence-electron chi connectivity index (χ1n) is 7.13. The highest BCUT2D eigenvalue weighted by Crippen LogP contribution is 2.35. The highest BCUT2D eigenvalue weighted by Gasteiger charge is 2.29. The highest BCUT2D eigenvalue weighted by atomic mass is 32.2. The van der Waals surface area contributed by atoms with Gasteiger partial charge in [-0.15, -0.1) is 0 Å². The molecule has 0 amide bonds. The van der Waals surface area contributed by atoms with Gasteiger partial charge < -0.3 is 0 Å². The van der Waals surface area contributed by atoms with E-state index < -0.39 is 9.84 Å². The van der Waals surface area contributed by atoms with E-state index in [0.717, 1.165) is 19.3 Å². The first kappa shape index (κ1) is 15.2. The Morgan fingerprint density at radius 3 is 2.45 bits per heavy atom. The largest absolute Gasteiger partial charge is 0.294 e. The van der Waals surface area contributed by atoms with E-state index in [2.05, 4.69) is 13.8 Å². The van der Waals surface area contributed by atoms with Crippen LogP contribution in [-0.4, -0.2) is 20.5 Å². The van der Waals surface area contributed by atoms with Crippen LogP contribution in [0, 0.1) is 17.8 Å². The summed E-state index contributed by atoms with van der Waals surface area (Å²) in [4.78, 5) is 12.8. The minimum atomic E-state index is -3.26. The molecule has 4 heteroatoms. The van der Waals surface area contributed by atoms with Crippen LogP contribution in [0.4, 0.5) is 0 Å². The number of carbonyl (C=O) groups excluding carboxylic acids is 1. The Bertz CT molecular complexity index is 604. The Morgan fingerprint density at radius 2 is 1.85 bits per heavy atom. The van der Waals surface area contributed by atoms with E-state index in [1.54, 1.807) is 12.1 Å². The van der Waals surface area contributed by atoms with E-state index >= 15 is 0 Å². The molecule has 0 heterocycles. The van der Waals surface area contributed by atoms with Crippen molar-refractivity contribution in [1.29, 1.82) is 0 Å². The summed E-state index contributed by atoms with van der Waals surface area (Å²) in [6.07, 6.45) is 4.06. The van der Waals surface area contributed by atoms with Crippen LogP contribution in [0.5, 0.6) is 0 Å². The molecule has 0 aliphatic heterocycles. The van der Waals surface area contributed by atoms with Crippen LogP contribution in [0.15, 0.2) is 29.2 Å². The van der Waals surface area contributed by atoms with Crippen molar-refractivity contribution in [1.82, 2.24) is 0 Å². The molecule has 0 bridgehead atoms. The number of hydrogen-bond acceptors (Lipinski definition) is 3. The van der Waals surface area contributed by atoms with E-state index in [4.69, 9.17) is 0 Å². The molecule has 0 N–H and O–H groups in total. The van der Waals surface area contributed by atoms with E-state index in [9.17, 15) is 13.2 Å². The van der Waals surface area contributed by atoms with Crippen molar-refractivity contribution in [2.45, 2.75) is 38.0 Å². The quantitative estimate of drug-likeness (QED) is 0.803. The van der Waals surface area contributed by atoms with Gasteiger partial charge in [0.2, 0.25) is 0 Å². The number of sulfone groups is 1. The lowest BCUT2D eigenvalue weighted by atomic mass is 9.73. The summed E-state index contributed by atoms with van der Waals surface area (Å²) in [6.45, 7) is 4.42. The second kappa shape index (κ2) is 5.68. The van der Waals surface area contributed by atoms with Gasteiger partial charge in [-0.2, -0.15) is 0 Å². The fourth-order valence-corrected chi connectivity index (χ4v) is 3.57. The fourth-order valence-electron chi connectivity index (χ4n) is 2.90. The van der Waals surface area contributed by atoms with Gasteiger partial charge in [-0.1, -0.05) is 26.0 Å². The Labute approximate surface area is 121 Å². The van der Waals surface area contributed by atoms with E-state index in [0.29, 0.717) is 17.4 Å². The summed E-state index contributed by atoms with van der Waals surface area (Å²) in [5.74, 6) is 1.35. The first-order valence-corrected chi connectivity index (χ1v) is 9.02. The second-order valence-electron chi connectivity index (χ2n) is 6.13. The zero-order valence-corrected chi connectivity index (χ0v) is 13.1. The molecule has 0 saturated heterocycles. The van der Waals surface area contributed by atoms with Crippen LogP contribution in [-0.2, 0) is 9.84 Å². The Hall–Kier alpha value is -1.16. The average Bonchev–Trinajstić information content (AvgIpc) is 2.40. The predicted molar refractivity (Wildman–Crippen MR) is 79.6 cm³/mol. The molecule has 1 aliphatic carbocycles. The van der Waals surface area contributed by atoms with Gasteiger partial charge in [-0.25, -0.2) is 8.42 Å². The average molecular weight is 294 g/mol. The fraction of sp³-hybridized carbons (Fsp3) is 0.562. The third-order valence-corrected chi connectivity index (χ3v) is 5.63. The summed E-state index contributed by atoms with van der Waals surface area (Å²) in [5, 5.41) is 0. The standard InChI is InChI=1S/C16H22O3S/c1-11-7-8-14(9-12(11)2)16(17)13-5-4-6-15(10-13)20(3,18)19/h4-6,10-12,14H,7-9H2,1-3H3. The van der Waals surface area contributed by atoms with Crippen molar-refractivity contribution in [2.75, 3.05) is 6.26 Å². The van der Waals surface area contributed by atoms with Crippen molar-refractivity contribution >= 4 is 15.6 Å². The van der Waals surface area contributed by atoms with Crippen LogP contribution >= 0.6 is 0 Å². The van der Waals surface area contributed by atoms with Crippen LogP contribution in [0.2, 0.25) is 0 Å². The lowest BCUT2D eigenvalue weighted by molar-refractivity contribution is 0.0837. The van der Waals surface area contributed by atoms with Crippen LogP contribution in [0.1, 0.15) is 43.5 Å². The Morgan fingerprint density at radius 1 is 1.15 bits per heavy atom. The van der Waals surface area contributed by atoms with Gasteiger partial charge in [0.15, 0.2) is 15.6 Å². The molecule has 3 atom stereocenters. The van der Waals surface area contributed by atoms with Gasteiger partial charge in [0.05, 0.1) is 4.90 Å². The molecule has 1 saturated carbocycles. The van der Waals surface area contributed by atoms with E-state index in [1.807, 2.05) is 0 Å². The smallest absolute Gasteiger partial charge is 0.175 e. The molecule has 3 unspecified atom stereocenters. The lowest BCUT2D eigenvalue weighted by Crippen LogP contribution is -2.26. The lowest BCUT2D eigenvalue weighted by Gasteiger charge is -2.31. The number of hydrogen-bond donors (Lipinski definition) is 0. The molecule has 1 aromatic carbocycles. The molecular weight excluding hydrogens is 272 g/mol. The summed E-state index contributed by atoms with van der Waals surface area (Å²) >= 11 is 0. The monoisotopic (exact) mass is 294 g/mol. The van der Waals surface area contributed by atoms with Crippen molar-refractivity contribution in [3.05, 3.63) is 29.8 Å². The van der Waals surface area contributed by atoms with Crippen molar-refractivity contribution in [3.63, 3.8) is 0 Å². The molecule has 2 rings (SSSR count). The molecule has 1 aromatic rings. The highest BCUT2D eigenvalue weighted by molar-refractivity contribution is 7.90. The number of rotatable bonds is 3. The second-order valence-corrected chi connectivity index (χ2v) is 8.14. The summed E-state index contributed by atoms with van der Waals surface area (Å²) in [7, 11) is -3.26. The SMILES string of the molecule is CC1CCC(C(=O)c2cccc(S(C)(=O)=O)c2)CC1C. The van der Waals surface area contributed by atoms with Gasteiger partial charge in [-0.05, 0) is 43.2 Å². The molecule has 0 spiro atoms. The molecule has 0 aromatic heterocycles. The minimum absolute atomic E-state index is 0.0380. The zero-order valence-electron chi connectivity index (χ0n) is 12.3. The summed E-state index contributed by atoms with van der Waals surface area (Å²) in [5.41, 5.74) is 0.527. The van der Waals surface area contributed by atoms with Gasteiger partial charge in [0.25, 0.3) is 0 Å². The summed E-state index contributed by atoms with van der Waals surface area (Å²) in [6, 6.07) is 6.43. The molecule has 20 heavy (non-hydrogen) atoms. The van der Waals surface area contributed by atoms with Crippen LogP contribution in [0.3, 0.4) is 0 Å². The van der Waals surface area contributed by atoms with Gasteiger partial charge in [0.1, 0.15) is 0 Å². The molecule has 110 valence electrons. The number of ketones is 1. The van der Waals surface area contributed by atoms with Crippen LogP contribution in [0.25, 0.3) is 0 Å². The van der Waals surface area contributed by atoms with Crippen molar-refractivity contribution < 1.29 is 13.2 Å². The molecule has 3 nitrogen and oxygen atoms in total. The topological polar surface area (TPSA) is 51.2 Å². The van der Waals surface area contributed by atoms with Gasteiger partial charge >= 0.3 is 0 Å². The number of benzene rings is 1. The Balaban J connectivity index is 2.22. The van der Waals surface area contributed by atoms with Crippen molar-refractivity contribution in [2.24, 2.45) is 17.8 Å². The van der Waals surface area contributed by atoms with E-state index in [-0.39, 0.29) is 16.6 Å². The summed E-state index contributed by atoms with van der Waals surface area (Å²) < 4.78 is 23.1. The molecular formula is C16H22O3S. The number of carbonyl (C=O) groups is 1. The molecule has 1 aliphatic rings. The van der Waals surface area contributed by atoms with Crippen molar-refractivity contribution in [3.8, 4) is 0 Å². The van der Waals surface area contributed by atoms with E-state index in [1.165, 1.54) is 18.4 Å². The maximum absolute atomic E-state index is 12.5. The first-order chi connectivity index (χ1) is 9.29. The van der Waals surface area contributed by atoms with Gasteiger partial charge in [-0.3, -0.25) is 4.79 Å². The molecule has 1 fully saturated rings. The minimum Gasteiger partial charge on any atom is -0.294 e. The Kier molecular flexibility index (Phi) is 4.33.